The van der Waals surface area contributed by atoms with Gasteiger partial charge in [-0.2, -0.15) is 0 Å². The average Bonchev–Trinajstić information content (AvgIpc) is 2.79. The van der Waals surface area contributed by atoms with Crippen molar-refractivity contribution in [3.8, 4) is 5.75 Å². The minimum absolute atomic E-state index is 0.0447. The van der Waals surface area contributed by atoms with Crippen LogP contribution >= 0.6 is 0 Å². The first kappa shape index (κ1) is 22.1. The fourth-order valence-electron chi connectivity index (χ4n) is 4.74. The summed E-state index contributed by atoms with van der Waals surface area (Å²) in [6.45, 7) is 4.07. The highest BCUT2D eigenvalue weighted by Gasteiger charge is 2.56. The highest BCUT2D eigenvalue weighted by Crippen LogP contribution is 2.40. The number of methoxy groups -OCH3 is 1. The number of rotatable bonds is 6. The van der Waals surface area contributed by atoms with Crippen LogP contribution in [0.5, 0.6) is 5.75 Å². The molecule has 5 nitrogen and oxygen atoms in total. The first-order valence-corrected chi connectivity index (χ1v) is 11.5. The summed E-state index contributed by atoms with van der Waals surface area (Å²) in [4.78, 5) is 28.2. The average molecular weight is 433 g/mol. The third-order valence-electron chi connectivity index (χ3n) is 6.83. The summed E-state index contributed by atoms with van der Waals surface area (Å²) >= 11 is 0. The summed E-state index contributed by atoms with van der Waals surface area (Å²) in [7, 11) is 1.63. The molecule has 0 unspecified atom stereocenters. The second-order valence-electron chi connectivity index (χ2n) is 8.98. The van der Waals surface area contributed by atoms with Gasteiger partial charge >= 0.3 is 0 Å². The molecule has 1 saturated carbocycles. The van der Waals surface area contributed by atoms with Gasteiger partial charge in [-0.05, 0) is 62.1 Å². The molecular formula is C27H32N2O3. The molecule has 1 aliphatic carbocycles. The predicted molar refractivity (Wildman–Crippen MR) is 128 cm³/mol. The maximum absolute atomic E-state index is 13.7. The van der Waals surface area contributed by atoms with Gasteiger partial charge in [0.1, 0.15) is 5.75 Å². The summed E-state index contributed by atoms with van der Waals surface area (Å²) in [5.41, 5.74) is 2.84. The van der Waals surface area contributed by atoms with Gasteiger partial charge < -0.3 is 10.1 Å². The summed E-state index contributed by atoms with van der Waals surface area (Å²) in [5.74, 6) is 0.583. The monoisotopic (exact) mass is 432 g/mol. The normalized spacial score (nSPS) is 21.5. The van der Waals surface area contributed by atoms with Crippen LogP contribution in [0.15, 0.2) is 48.5 Å². The van der Waals surface area contributed by atoms with Crippen LogP contribution < -0.4 is 15.0 Å². The molecule has 4 rings (SSSR count). The van der Waals surface area contributed by atoms with Crippen LogP contribution in [-0.2, 0) is 9.59 Å². The van der Waals surface area contributed by atoms with Crippen molar-refractivity contribution in [2.45, 2.75) is 64.0 Å². The lowest BCUT2D eigenvalue weighted by Gasteiger charge is -2.49. The van der Waals surface area contributed by atoms with Crippen molar-refractivity contribution in [1.82, 2.24) is 5.32 Å². The van der Waals surface area contributed by atoms with Gasteiger partial charge in [-0.3, -0.25) is 14.5 Å². The number of amides is 2. The Morgan fingerprint density at radius 3 is 2.53 bits per heavy atom. The van der Waals surface area contributed by atoms with Crippen LogP contribution in [-0.4, -0.2) is 30.5 Å². The molecule has 2 aliphatic rings. The molecule has 0 spiro atoms. The number of para-hydroxylation sites is 1. The molecule has 1 saturated heterocycles. The fourth-order valence-corrected chi connectivity index (χ4v) is 4.74. The Balaban J connectivity index is 1.71. The van der Waals surface area contributed by atoms with E-state index in [0.29, 0.717) is 0 Å². The number of carbonyl (C=O) groups excluding carboxylic acids is 2. The number of nitrogens with zero attached hydrogens (tertiary/aromatic N) is 1. The summed E-state index contributed by atoms with van der Waals surface area (Å²) < 4.78 is 5.47. The van der Waals surface area contributed by atoms with Crippen molar-refractivity contribution in [2.75, 3.05) is 12.0 Å². The van der Waals surface area contributed by atoms with E-state index in [-0.39, 0.29) is 24.3 Å². The molecule has 5 heteroatoms. The number of nitrogens with one attached hydrogen (secondary N) is 1. The zero-order valence-electron chi connectivity index (χ0n) is 19.2. The maximum atomic E-state index is 13.7. The molecule has 2 amide bonds. The lowest BCUT2D eigenvalue weighted by Crippen LogP contribution is -2.70. The molecule has 2 aromatic rings. The van der Waals surface area contributed by atoms with Crippen molar-refractivity contribution in [1.29, 1.82) is 0 Å². The second-order valence-corrected chi connectivity index (χ2v) is 8.98. The number of hydrogen-bond donors (Lipinski definition) is 1. The molecule has 0 radical (unpaired) electrons. The number of hydrogen-bond acceptors (Lipinski definition) is 3. The molecule has 2 aromatic carbocycles. The van der Waals surface area contributed by atoms with Gasteiger partial charge in [-0.1, -0.05) is 49.6 Å². The topological polar surface area (TPSA) is 58.6 Å². The number of β-lactam (4-membered cyclic amide) rings is 1. The van der Waals surface area contributed by atoms with E-state index in [0.717, 1.165) is 53.8 Å². The third kappa shape index (κ3) is 4.16. The van der Waals surface area contributed by atoms with E-state index in [4.69, 9.17) is 4.74 Å². The Labute approximate surface area is 190 Å². The second kappa shape index (κ2) is 9.19. The van der Waals surface area contributed by atoms with Crippen LogP contribution in [0.1, 0.15) is 55.2 Å². The molecule has 1 aliphatic heterocycles. The Morgan fingerprint density at radius 1 is 1.09 bits per heavy atom. The third-order valence-corrected chi connectivity index (χ3v) is 6.83. The Morgan fingerprint density at radius 2 is 1.84 bits per heavy atom. The van der Waals surface area contributed by atoms with Crippen LogP contribution in [0.3, 0.4) is 0 Å². The predicted octanol–water partition coefficient (Wildman–Crippen LogP) is 4.95. The zero-order valence-corrected chi connectivity index (χ0v) is 19.2. The van der Waals surface area contributed by atoms with E-state index < -0.39 is 5.54 Å². The first-order chi connectivity index (χ1) is 15.4. The van der Waals surface area contributed by atoms with Crippen LogP contribution in [0.25, 0.3) is 6.08 Å². The van der Waals surface area contributed by atoms with E-state index in [1.54, 1.807) is 12.0 Å². The van der Waals surface area contributed by atoms with E-state index in [1.165, 1.54) is 6.42 Å². The molecule has 1 N–H and O–H groups in total. The van der Waals surface area contributed by atoms with E-state index in [2.05, 4.69) is 5.32 Å². The maximum Gasteiger partial charge on any atom is 0.251 e. The van der Waals surface area contributed by atoms with Crippen molar-refractivity contribution in [2.24, 2.45) is 0 Å². The summed E-state index contributed by atoms with van der Waals surface area (Å²) in [6.07, 6.45) is 9.41. The Hall–Kier alpha value is -3.08. The highest BCUT2D eigenvalue weighted by molar-refractivity contribution is 6.15. The number of carbonyl (C=O) groups is 2. The highest BCUT2D eigenvalue weighted by atomic mass is 16.5. The number of anilines is 1. The van der Waals surface area contributed by atoms with Gasteiger partial charge in [0.2, 0.25) is 5.91 Å². The van der Waals surface area contributed by atoms with Gasteiger partial charge in [0.25, 0.3) is 5.91 Å². The summed E-state index contributed by atoms with van der Waals surface area (Å²) in [5, 5.41) is 3.26. The number of ether oxygens (including phenoxy) is 1. The largest absolute Gasteiger partial charge is 0.496 e. The van der Waals surface area contributed by atoms with Gasteiger partial charge in [0.05, 0.1) is 13.5 Å². The van der Waals surface area contributed by atoms with Gasteiger partial charge in [0, 0.05) is 17.3 Å². The molecule has 1 heterocycles. The first-order valence-electron chi connectivity index (χ1n) is 11.5. The van der Waals surface area contributed by atoms with E-state index in [9.17, 15) is 9.59 Å². The minimum Gasteiger partial charge on any atom is -0.496 e. The van der Waals surface area contributed by atoms with Crippen LogP contribution in [0.2, 0.25) is 0 Å². The fraction of sp³-hybridized carbons (Fsp3) is 0.407. The zero-order chi connectivity index (χ0) is 22.7. The van der Waals surface area contributed by atoms with Gasteiger partial charge in [0.15, 0.2) is 5.54 Å². The SMILES string of the molecule is COc1ccccc1/C=C/[C@@]1(C(=O)NC2CCCCC2)CC(=O)N1c1ccc(C)c(C)c1. The number of aryl methyl sites for hydroxylation is 2. The molecule has 32 heavy (non-hydrogen) atoms. The molecule has 2 fully saturated rings. The van der Waals surface area contributed by atoms with Crippen molar-refractivity contribution >= 4 is 23.6 Å². The Kier molecular flexibility index (Phi) is 6.35. The molecular weight excluding hydrogens is 400 g/mol. The standard InChI is InChI=1S/C27H32N2O3/c1-19-13-14-23(17-20(19)2)29-25(30)18-27(29,26(31)28-22-10-5-4-6-11-22)16-15-21-9-7-8-12-24(21)32-3/h7-9,12-17,22H,4-6,10-11,18H2,1-3H3,(H,28,31)/b16-15+/t27-/m0/s1. The van der Waals surface area contributed by atoms with Crippen LogP contribution in [0, 0.1) is 13.8 Å². The number of benzene rings is 2. The van der Waals surface area contributed by atoms with E-state index >= 15 is 0 Å². The lowest BCUT2D eigenvalue weighted by atomic mass is 9.80. The lowest BCUT2D eigenvalue weighted by molar-refractivity contribution is -0.137. The smallest absolute Gasteiger partial charge is 0.251 e. The molecule has 0 aromatic heterocycles. The van der Waals surface area contributed by atoms with Gasteiger partial charge in [-0.25, -0.2) is 0 Å². The summed E-state index contributed by atoms with van der Waals surface area (Å²) in [6, 6.07) is 13.8. The quantitative estimate of drug-likeness (QED) is 0.657. The minimum atomic E-state index is -1.04. The van der Waals surface area contributed by atoms with Crippen molar-refractivity contribution < 1.29 is 14.3 Å². The Bertz CT molecular complexity index is 1040. The van der Waals surface area contributed by atoms with Crippen molar-refractivity contribution in [3.05, 3.63) is 65.2 Å². The van der Waals surface area contributed by atoms with Crippen molar-refractivity contribution in [3.63, 3.8) is 0 Å². The molecule has 1 atom stereocenters. The molecule has 168 valence electrons. The van der Waals surface area contributed by atoms with Crippen LogP contribution in [0.4, 0.5) is 5.69 Å². The van der Waals surface area contributed by atoms with Gasteiger partial charge in [-0.15, -0.1) is 0 Å². The van der Waals surface area contributed by atoms with E-state index in [1.807, 2.05) is 68.5 Å². The molecule has 0 bridgehead atoms.